The third kappa shape index (κ3) is 3.97. The quantitative estimate of drug-likeness (QED) is 0.516. The Morgan fingerprint density at radius 1 is 1.29 bits per heavy atom. The molecule has 0 aromatic heterocycles. The van der Waals surface area contributed by atoms with Gasteiger partial charge in [0.15, 0.2) is 0 Å². The topological polar surface area (TPSA) is 95.9 Å². The Kier molecular flexibility index (Phi) is 3.35. The van der Waals surface area contributed by atoms with Gasteiger partial charge in [-0.3, -0.25) is 0 Å². The molecule has 17 heavy (non-hydrogen) atoms. The second-order valence-electron chi connectivity index (χ2n) is 5.08. The molecule has 0 radical (unpaired) electrons. The van der Waals surface area contributed by atoms with Crippen LogP contribution in [0.3, 0.4) is 0 Å². The number of carbonyl (C=O) groups is 2. The van der Waals surface area contributed by atoms with Crippen LogP contribution in [-0.2, 0) is 9.53 Å². The van der Waals surface area contributed by atoms with E-state index in [0.717, 1.165) is 0 Å². The first kappa shape index (κ1) is 13.3. The number of amides is 1. The summed E-state index contributed by atoms with van der Waals surface area (Å²) in [7, 11) is 0. The van der Waals surface area contributed by atoms with E-state index in [1.165, 1.54) is 0 Å². The molecule has 6 heteroatoms. The number of rotatable bonds is 3. The van der Waals surface area contributed by atoms with Gasteiger partial charge in [0.05, 0.1) is 6.08 Å². The number of carboxylic acids is 1. The number of carbonyl (C=O) groups excluding carboxylic acids is 1. The summed E-state index contributed by atoms with van der Waals surface area (Å²) < 4.78 is 5.03. The van der Waals surface area contributed by atoms with Gasteiger partial charge in [-0.15, -0.1) is 0 Å². The lowest BCUT2D eigenvalue weighted by molar-refractivity contribution is -0.131. The molecule has 0 spiro atoms. The Hall–Kier alpha value is -1.72. The van der Waals surface area contributed by atoms with Crippen molar-refractivity contribution in [1.82, 2.24) is 5.32 Å². The molecule has 1 fully saturated rings. The minimum Gasteiger partial charge on any atom is -0.510 e. The molecule has 0 atom stereocenters. The number of aliphatic hydroxyl groups excluding tert-OH is 1. The second-order valence-corrected chi connectivity index (χ2v) is 5.08. The van der Waals surface area contributed by atoms with Crippen molar-refractivity contribution in [3.05, 3.63) is 11.8 Å². The van der Waals surface area contributed by atoms with Crippen LogP contribution in [-0.4, -0.2) is 33.4 Å². The average Bonchev–Trinajstić information content (AvgIpc) is 2.80. The van der Waals surface area contributed by atoms with Crippen LogP contribution in [0.5, 0.6) is 0 Å². The molecule has 0 aromatic carbocycles. The summed E-state index contributed by atoms with van der Waals surface area (Å²) in [5.74, 6) is -1.60. The van der Waals surface area contributed by atoms with Crippen LogP contribution in [0.25, 0.3) is 0 Å². The van der Waals surface area contributed by atoms with E-state index in [2.05, 4.69) is 5.32 Å². The minimum atomic E-state index is -1.25. The number of nitrogens with one attached hydrogen (secondary N) is 1. The molecule has 1 aliphatic rings. The number of aliphatic carboxylic acids is 1. The second kappa shape index (κ2) is 4.27. The van der Waals surface area contributed by atoms with Crippen LogP contribution in [0.2, 0.25) is 0 Å². The maximum absolute atomic E-state index is 11.5. The third-order valence-electron chi connectivity index (χ3n) is 2.24. The molecule has 0 heterocycles. The summed E-state index contributed by atoms with van der Waals surface area (Å²) in [5.41, 5.74) is -1.59. The summed E-state index contributed by atoms with van der Waals surface area (Å²) >= 11 is 0. The Labute approximate surface area is 99.3 Å². The molecule has 1 rings (SSSR count). The zero-order valence-electron chi connectivity index (χ0n) is 10.1. The van der Waals surface area contributed by atoms with Crippen molar-refractivity contribution in [3.63, 3.8) is 0 Å². The van der Waals surface area contributed by atoms with Gasteiger partial charge < -0.3 is 20.3 Å². The number of hydrogen-bond donors (Lipinski definition) is 3. The van der Waals surface area contributed by atoms with Crippen LogP contribution >= 0.6 is 0 Å². The fourth-order valence-electron chi connectivity index (χ4n) is 1.32. The maximum Gasteiger partial charge on any atom is 0.408 e. The molecule has 1 amide bonds. The minimum absolute atomic E-state index is 0.351. The predicted molar refractivity (Wildman–Crippen MR) is 59.7 cm³/mol. The van der Waals surface area contributed by atoms with Crippen LogP contribution in [0.1, 0.15) is 33.6 Å². The van der Waals surface area contributed by atoms with Crippen LogP contribution < -0.4 is 5.32 Å². The zero-order valence-corrected chi connectivity index (χ0v) is 10.1. The van der Waals surface area contributed by atoms with E-state index in [4.69, 9.17) is 9.84 Å². The number of aliphatic hydroxyl groups is 1. The van der Waals surface area contributed by atoms with Gasteiger partial charge in [-0.25, -0.2) is 9.59 Å². The van der Waals surface area contributed by atoms with E-state index in [0.29, 0.717) is 18.9 Å². The molecule has 6 nitrogen and oxygen atoms in total. The molecule has 0 aliphatic heterocycles. The number of hydrogen-bond acceptors (Lipinski definition) is 4. The zero-order chi connectivity index (χ0) is 13.3. The van der Waals surface area contributed by atoms with Gasteiger partial charge in [0.2, 0.25) is 0 Å². The standard InChI is InChI=1S/C11H17NO5/c1-10(2,3)17-9(16)12-11(4-5-11)7(13)6-8(14)15/h6,13H,4-5H2,1-3H3,(H,12,16)(H,14,15)/b7-6-. The Balaban J connectivity index is 2.63. The normalized spacial score (nSPS) is 18.4. The molecule has 1 aliphatic carbocycles. The maximum atomic E-state index is 11.5. The van der Waals surface area contributed by atoms with E-state index in [9.17, 15) is 14.7 Å². The number of alkyl carbamates (subject to hydrolysis) is 1. The van der Waals surface area contributed by atoms with Crippen molar-refractivity contribution < 1.29 is 24.5 Å². The van der Waals surface area contributed by atoms with Crippen LogP contribution in [0.4, 0.5) is 4.79 Å². The SMILES string of the molecule is CC(C)(C)OC(=O)NC1(/C(O)=C/C(=O)O)CC1. The lowest BCUT2D eigenvalue weighted by Gasteiger charge is -2.23. The fraction of sp³-hybridized carbons (Fsp3) is 0.636. The molecule has 0 unspecified atom stereocenters. The van der Waals surface area contributed by atoms with Crippen LogP contribution in [0.15, 0.2) is 11.8 Å². The number of ether oxygens (including phenoxy) is 1. The molecule has 0 aromatic rings. The molecule has 96 valence electrons. The van der Waals surface area contributed by atoms with Gasteiger partial charge in [0.1, 0.15) is 16.9 Å². The van der Waals surface area contributed by atoms with Gasteiger partial charge in [-0.1, -0.05) is 0 Å². The molecular weight excluding hydrogens is 226 g/mol. The summed E-state index contributed by atoms with van der Waals surface area (Å²) in [4.78, 5) is 21.9. The van der Waals surface area contributed by atoms with E-state index in [1.54, 1.807) is 20.8 Å². The monoisotopic (exact) mass is 243 g/mol. The first-order chi connectivity index (χ1) is 7.65. The first-order valence-corrected chi connectivity index (χ1v) is 5.30. The van der Waals surface area contributed by atoms with E-state index < -0.39 is 23.2 Å². The molecule has 1 saturated carbocycles. The Morgan fingerprint density at radius 2 is 1.82 bits per heavy atom. The highest BCUT2D eigenvalue weighted by Crippen LogP contribution is 2.41. The predicted octanol–water partition coefficient (Wildman–Crippen LogP) is 1.57. The fourth-order valence-corrected chi connectivity index (χ4v) is 1.32. The summed E-state index contributed by atoms with van der Waals surface area (Å²) in [6.45, 7) is 5.16. The Morgan fingerprint density at radius 3 is 2.18 bits per heavy atom. The number of carboxylic acid groups (broad SMARTS) is 1. The third-order valence-corrected chi connectivity index (χ3v) is 2.24. The Bertz CT molecular complexity index is 363. The molecule has 0 bridgehead atoms. The summed E-state index contributed by atoms with van der Waals surface area (Å²) in [6.07, 6.45) is 1.02. The summed E-state index contributed by atoms with van der Waals surface area (Å²) in [5, 5.41) is 20.6. The van der Waals surface area contributed by atoms with Gasteiger partial charge in [0, 0.05) is 0 Å². The van der Waals surface area contributed by atoms with E-state index in [-0.39, 0.29) is 5.76 Å². The highest BCUT2D eigenvalue weighted by atomic mass is 16.6. The van der Waals surface area contributed by atoms with E-state index in [1.807, 2.05) is 0 Å². The van der Waals surface area contributed by atoms with Gasteiger partial charge in [-0.05, 0) is 33.6 Å². The largest absolute Gasteiger partial charge is 0.510 e. The molecular formula is C11H17NO5. The molecule has 3 N–H and O–H groups in total. The van der Waals surface area contributed by atoms with Crippen molar-refractivity contribution >= 4 is 12.1 Å². The van der Waals surface area contributed by atoms with Crippen molar-refractivity contribution in [1.29, 1.82) is 0 Å². The highest BCUT2D eigenvalue weighted by molar-refractivity contribution is 5.81. The first-order valence-electron chi connectivity index (χ1n) is 5.30. The molecule has 0 saturated heterocycles. The lowest BCUT2D eigenvalue weighted by atomic mass is 10.2. The average molecular weight is 243 g/mol. The van der Waals surface area contributed by atoms with Crippen molar-refractivity contribution in [2.24, 2.45) is 0 Å². The lowest BCUT2D eigenvalue weighted by Crippen LogP contribution is -2.42. The van der Waals surface area contributed by atoms with Crippen LogP contribution in [0, 0.1) is 0 Å². The summed E-state index contributed by atoms with van der Waals surface area (Å²) in [6, 6.07) is 0. The van der Waals surface area contributed by atoms with Gasteiger partial charge in [-0.2, -0.15) is 0 Å². The van der Waals surface area contributed by atoms with Crippen molar-refractivity contribution in [2.75, 3.05) is 0 Å². The van der Waals surface area contributed by atoms with Gasteiger partial charge in [0.25, 0.3) is 0 Å². The van der Waals surface area contributed by atoms with Crippen molar-refractivity contribution in [2.45, 2.75) is 44.8 Å². The van der Waals surface area contributed by atoms with Gasteiger partial charge >= 0.3 is 12.1 Å². The highest BCUT2D eigenvalue weighted by Gasteiger charge is 2.49. The van der Waals surface area contributed by atoms with Crippen molar-refractivity contribution in [3.8, 4) is 0 Å². The van der Waals surface area contributed by atoms with E-state index >= 15 is 0 Å². The smallest absolute Gasteiger partial charge is 0.408 e.